The molecular weight excluding hydrogens is 186 g/mol. The lowest BCUT2D eigenvalue weighted by molar-refractivity contribution is 0.426. The first-order valence-electron chi connectivity index (χ1n) is 5.34. The lowest BCUT2D eigenvalue weighted by Gasteiger charge is -2.17. The largest absolute Gasteiger partial charge is 0.341 e. The number of nitrogens with zero attached hydrogens (tertiary/aromatic N) is 1. The van der Waals surface area contributed by atoms with Crippen LogP contribution in [0.1, 0.15) is 25.7 Å². The molecule has 1 unspecified atom stereocenters. The smallest absolute Gasteiger partial charge is 0.124 e. The Bertz CT molecular complexity index is 412. The van der Waals surface area contributed by atoms with Crippen molar-refractivity contribution >= 4 is 11.0 Å². The van der Waals surface area contributed by atoms with Crippen molar-refractivity contribution in [3.05, 3.63) is 30.1 Å². The Kier molecular flexibility index (Phi) is 2.73. The molecule has 1 atom stereocenters. The highest BCUT2D eigenvalue weighted by atomic mass is 15.0. The summed E-state index contributed by atoms with van der Waals surface area (Å²) in [7, 11) is 1.97. The summed E-state index contributed by atoms with van der Waals surface area (Å²) >= 11 is 0. The van der Waals surface area contributed by atoms with Gasteiger partial charge in [0.2, 0.25) is 0 Å². The number of H-pyrrole nitrogens is 1. The van der Waals surface area contributed by atoms with Crippen LogP contribution >= 0.6 is 0 Å². The van der Waals surface area contributed by atoms with Crippen molar-refractivity contribution in [2.75, 3.05) is 7.05 Å². The lowest BCUT2D eigenvalue weighted by atomic mass is 10.0. The van der Waals surface area contributed by atoms with Gasteiger partial charge < -0.3 is 10.3 Å². The van der Waals surface area contributed by atoms with Crippen molar-refractivity contribution in [1.29, 1.82) is 0 Å². The maximum Gasteiger partial charge on any atom is 0.124 e. The lowest BCUT2D eigenvalue weighted by Crippen LogP contribution is -2.22. The fourth-order valence-corrected chi connectivity index (χ4v) is 1.91. The Morgan fingerprint density at radius 1 is 1.27 bits per heavy atom. The Hall–Kier alpha value is -1.35. The average molecular weight is 203 g/mol. The van der Waals surface area contributed by atoms with Gasteiger partial charge in [-0.05, 0) is 25.1 Å². The number of imidazole rings is 1. The van der Waals surface area contributed by atoms with Crippen molar-refractivity contribution in [3.63, 3.8) is 0 Å². The molecule has 2 N–H and O–H groups in total. The Balaban J connectivity index is 2.43. The molecule has 15 heavy (non-hydrogen) atoms. The summed E-state index contributed by atoms with van der Waals surface area (Å²) in [6.07, 6.45) is 0. The van der Waals surface area contributed by atoms with Crippen LogP contribution in [-0.2, 0) is 0 Å². The van der Waals surface area contributed by atoms with Crippen molar-refractivity contribution in [3.8, 4) is 0 Å². The monoisotopic (exact) mass is 203 g/mol. The molecule has 2 aromatic rings. The molecule has 0 aliphatic carbocycles. The molecule has 1 heterocycles. The molecule has 0 saturated heterocycles. The summed E-state index contributed by atoms with van der Waals surface area (Å²) in [4.78, 5) is 7.94. The predicted octanol–water partition coefficient (Wildman–Crippen LogP) is 2.48. The maximum atomic E-state index is 4.59. The zero-order valence-corrected chi connectivity index (χ0v) is 9.41. The molecule has 1 aromatic heterocycles. The van der Waals surface area contributed by atoms with E-state index in [0.29, 0.717) is 5.92 Å². The summed E-state index contributed by atoms with van der Waals surface area (Å²) in [5, 5.41) is 3.28. The Morgan fingerprint density at radius 3 is 2.60 bits per heavy atom. The van der Waals surface area contributed by atoms with E-state index < -0.39 is 0 Å². The molecule has 0 aliphatic heterocycles. The third-order valence-corrected chi connectivity index (χ3v) is 2.68. The van der Waals surface area contributed by atoms with Gasteiger partial charge in [0.1, 0.15) is 5.82 Å². The quantitative estimate of drug-likeness (QED) is 0.804. The van der Waals surface area contributed by atoms with Crippen LogP contribution in [0.5, 0.6) is 0 Å². The Labute approximate surface area is 89.9 Å². The van der Waals surface area contributed by atoms with Crippen LogP contribution in [0.25, 0.3) is 11.0 Å². The van der Waals surface area contributed by atoms with E-state index in [1.165, 1.54) is 0 Å². The summed E-state index contributed by atoms with van der Waals surface area (Å²) in [6.45, 7) is 4.38. The number of aromatic nitrogens is 2. The summed E-state index contributed by atoms with van der Waals surface area (Å²) < 4.78 is 0. The summed E-state index contributed by atoms with van der Waals surface area (Å²) in [6, 6.07) is 8.41. The highest BCUT2D eigenvalue weighted by molar-refractivity contribution is 5.74. The second-order valence-electron chi connectivity index (χ2n) is 4.15. The van der Waals surface area contributed by atoms with E-state index in [1.54, 1.807) is 0 Å². The molecule has 0 aliphatic rings. The summed E-state index contributed by atoms with van der Waals surface area (Å²) in [5.74, 6) is 1.55. The van der Waals surface area contributed by atoms with Gasteiger partial charge in [0, 0.05) is 0 Å². The van der Waals surface area contributed by atoms with E-state index in [-0.39, 0.29) is 6.04 Å². The molecule has 80 valence electrons. The van der Waals surface area contributed by atoms with Gasteiger partial charge in [0.15, 0.2) is 0 Å². The fraction of sp³-hybridized carbons (Fsp3) is 0.417. The first kappa shape index (κ1) is 10.2. The van der Waals surface area contributed by atoms with Gasteiger partial charge in [-0.15, -0.1) is 0 Å². The molecule has 0 fully saturated rings. The predicted molar refractivity (Wildman–Crippen MR) is 62.7 cm³/mol. The number of hydrogen-bond donors (Lipinski definition) is 2. The zero-order valence-electron chi connectivity index (χ0n) is 9.41. The van der Waals surface area contributed by atoms with Gasteiger partial charge in [-0.1, -0.05) is 26.0 Å². The zero-order chi connectivity index (χ0) is 10.8. The standard InChI is InChI=1S/C12H17N3/c1-8(2)11(13-3)12-14-9-6-4-5-7-10(9)15-12/h4-8,11,13H,1-3H3,(H,14,15). The van der Waals surface area contributed by atoms with Gasteiger partial charge in [0.05, 0.1) is 17.1 Å². The number of nitrogens with one attached hydrogen (secondary N) is 2. The van der Waals surface area contributed by atoms with E-state index in [1.807, 2.05) is 25.2 Å². The summed E-state index contributed by atoms with van der Waals surface area (Å²) in [5.41, 5.74) is 2.14. The second kappa shape index (κ2) is 4.03. The molecule has 3 nitrogen and oxygen atoms in total. The molecule has 0 radical (unpaired) electrons. The van der Waals surface area contributed by atoms with Crippen LogP contribution in [0.15, 0.2) is 24.3 Å². The number of hydrogen-bond acceptors (Lipinski definition) is 2. The molecule has 0 amide bonds. The molecule has 1 aromatic carbocycles. The maximum absolute atomic E-state index is 4.59. The van der Waals surface area contributed by atoms with Gasteiger partial charge >= 0.3 is 0 Å². The normalized spacial score (nSPS) is 13.6. The molecule has 0 saturated carbocycles. The number of para-hydroxylation sites is 2. The topological polar surface area (TPSA) is 40.7 Å². The van der Waals surface area contributed by atoms with Crippen molar-refractivity contribution in [2.45, 2.75) is 19.9 Å². The third-order valence-electron chi connectivity index (χ3n) is 2.68. The van der Waals surface area contributed by atoms with Crippen LogP contribution in [0, 0.1) is 5.92 Å². The third kappa shape index (κ3) is 1.88. The minimum Gasteiger partial charge on any atom is -0.341 e. The molecule has 3 heteroatoms. The van der Waals surface area contributed by atoms with E-state index in [9.17, 15) is 0 Å². The van der Waals surface area contributed by atoms with E-state index in [2.05, 4.69) is 35.2 Å². The van der Waals surface area contributed by atoms with Crippen molar-refractivity contribution in [2.24, 2.45) is 5.92 Å². The van der Waals surface area contributed by atoms with Gasteiger partial charge in [-0.3, -0.25) is 0 Å². The van der Waals surface area contributed by atoms with Gasteiger partial charge in [-0.2, -0.15) is 0 Å². The van der Waals surface area contributed by atoms with Crippen LogP contribution in [-0.4, -0.2) is 17.0 Å². The second-order valence-corrected chi connectivity index (χ2v) is 4.15. The van der Waals surface area contributed by atoms with Crippen molar-refractivity contribution < 1.29 is 0 Å². The van der Waals surface area contributed by atoms with Crippen molar-refractivity contribution in [1.82, 2.24) is 15.3 Å². The Morgan fingerprint density at radius 2 is 2.00 bits per heavy atom. The SMILES string of the molecule is CNC(c1nc2ccccc2[nH]1)C(C)C. The number of rotatable bonds is 3. The number of benzene rings is 1. The first-order valence-corrected chi connectivity index (χ1v) is 5.34. The van der Waals surface area contributed by atoms with Gasteiger partial charge in [0.25, 0.3) is 0 Å². The molecule has 0 bridgehead atoms. The number of fused-ring (bicyclic) bond motifs is 1. The van der Waals surface area contributed by atoms with Gasteiger partial charge in [-0.25, -0.2) is 4.98 Å². The minimum absolute atomic E-state index is 0.289. The fourth-order valence-electron chi connectivity index (χ4n) is 1.91. The highest BCUT2D eigenvalue weighted by Gasteiger charge is 2.16. The molecule has 2 rings (SSSR count). The minimum atomic E-state index is 0.289. The number of aromatic amines is 1. The van der Waals surface area contributed by atoms with Crippen LogP contribution in [0.4, 0.5) is 0 Å². The highest BCUT2D eigenvalue weighted by Crippen LogP contribution is 2.21. The molecule has 0 spiro atoms. The average Bonchev–Trinajstić information content (AvgIpc) is 2.61. The van der Waals surface area contributed by atoms with Crippen LogP contribution in [0.3, 0.4) is 0 Å². The first-order chi connectivity index (χ1) is 7.22. The van der Waals surface area contributed by atoms with E-state index in [4.69, 9.17) is 0 Å². The van der Waals surface area contributed by atoms with E-state index >= 15 is 0 Å². The van der Waals surface area contributed by atoms with Crippen LogP contribution in [0.2, 0.25) is 0 Å². The van der Waals surface area contributed by atoms with Crippen LogP contribution < -0.4 is 5.32 Å². The van der Waals surface area contributed by atoms with E-state index in [0.717, 1.165) is 16.9 Å². The molecular formula is C12H17N3.